The standard InChI is InChI=1S/C10H11BrF3N/c1-2-9(15)7-4-3-6(11)5-8(7)10(12,13)14/h3-5,9H,2,15H2,1H3/t9-/m1/s1. The van der Waals surface area contributed by atoms with Crippen LogP contribution >= 0.6 is 15.9 Å². The molecule has 1 aromatic carbocycles. The smallest absolute Gasteiger partial charge is 0.324 e. The minimum Gasteiger partial charge on any atom is -0.324 e. The lowest BCUT2D eigenvalue weighted by Crippen LogP contribution is -2.16. The second-order valence-corrected chi connectivity index (χ2v) is 4.16. The Morgan fingerprint density at radius 2 is 2.00 bits per heavy atom. The number of nitrogens with two attached hydrogens (primary N) is 1. The van der Waals surface area contributed by atoms with Crippen molar-refractivity contribution in [2.75, 3.05) is 0 Å². The van der Waals surface area contributed by atoms with Gasteiger partial charge in [-0.2, -0.15) is 13.2 Å². The van der Waals surface area contributed by atoms with Crippen LogP contribution in [0.15, 0.2) is 22.7 Å². The van der Waals surface area contributed by atoms with Gasteiger partial charge in [0.2, 0.25) is 0 Å². The van der Waals surface area contributed by atoms with E-state index in [9.17, 15) is 13.2 Å². The summed E-state index contributed by atoms with van der Waals surface area (Å²) in [7, 11) is 0. The van der Waals surface area contributed by atoms with Gasteiger partial charge in [0.15, 0.2) is 0 Å². The third-order valence-corrected chi connectivity index (χ3v) is 2.65. The quantitative estimate of drug-likeness (QED) is 0.875. The highest BCUT2D eigenvalue weighted by Crippen LogP contribution is 2.36. The topological polar surface area (TPSA) is 26.0 Å². The van der Waals surface area contributed by atoms with Gasteiger partial charge >= 0.3 is 6.18 Å². The van der Waals surface area contributed by atoms with Crippen molar-refractivity contribution in [1.29, 1.82) is 0 Å². The van der Waals surface area contributed by atoms with E-state index in [0.29, 0.717) is 10.9 Å². The van der Waals surface area contributed by atoms with Crippen LogP contribution in [0.1, 0.15) is 30.5 Å². The van der Waals surface area contributed by atoms with E-state index >= 15 is 0 Å². The molecule has 0 radical (unpaired) electrons. The Labute approximate surface area is 94.6 Å². The normalized spacial score (nSPS) is 14.0. The summed E-state index contributed by atoms with van der Waals surface area (Å²) in [5.41, 5.74) is 5.11. The van der Waals surface area contributed by atoms with Gasteiger partial charge in [-0.1, -0.05) is 28.9 Å². The minimum absolute atomic E-state index is 0.146. The fourth-order valence-electron chi connectivity index (χ4n) is 1.32. The Kier molecular flexibility index (Phi) is 3.78. The van der Waals surface area contributed by atoms with Crippen LogP contribution in [0.5, 0.6) is 0 Å². The lowest BCUT2D eigenvalue weighted by molar-refractivity contribution is -0.138. The summed E-state index contributed by atoms with van der Waals surface area (Å²) in [5.74, 6) is 0. The molecule has 0 aromatic heterocycles. The maximum Gasteiger partial charge on any atom is 0.416 e. The highest BCUT2D eigenvalue weighted by atomic mass is 79.9. The van der Waals surface area contributed by atoms with E-state index in [1.807, 2.05) is 0 Å². The van der Waals surface area contributed by atoms with Crippen LogP contribution in [0.3, 0.4) is 0 Å². The fourth-order valence-corrected chi connectivity index (χ4v) is 1.68. The van der Waals surface area contributed by atoms with Crippen molar-refractivity contribution < 1.29 is 13.2 Å². The first-order valence-corrected chi connectivity index (χ1v) is 5.27. The molecule has 1 atom stereocenters. The zero-order chi connectivity index (χ0) is 11.6. The van der Waals surface area contributed by atoms with Gasteiger partial charge in [-0.25, -0.2) is 0 Å². The van der Waals surface area contributed by atoms with Gasteiger partial charge in [0.25, 0.3) is 0 Å². The number of alkyl halides is 3. The van der Waals surface area contributed by atoms with Crippen LogP contribution in [0.2, 0.25) is 0 Å². The Morgan fingerprint density at radius 3 is 2.47 bits per heavy atom. The Morgan fingerprint density at radius 1 is 1.40 bits per heavy atom. The highest BCUT2D eigenvalue weighted by Gasteiger charge is 2.34. The van der Waals surface area contributed by atoms with E-state index in [0.717, 1.165) is 6.07 Å². The summed E-state index contributed by atoms with van der Waals surface area (Å²) >= 11 is 3.02. The summed E-state index contributed by atoms with van der Waals surface area (Å²) in [5, 5.41) is 0. The molecule has 84 valence electrons. The van der Waals surface area contributed by atoms with Crippen LogP contribution in [0.4, 0.5) is 13.2 Å². The summed E-state index contributed by atoms with van der Waals surface area (Å²) in [6, 6.07) is 3.47. The van der Waals surface area contributed by atoms with E-state index in [2.05, 4.69) is 15.9 Å². The van der Waals surface area contributed by atoms with Crippen molar-refractivity contribution in [3.05, 3.63) is 33.8 Å². The van der Waals surface area contributed by atoms with Crippen molar-refractivity contribution in [2.24, 2.45) is 5.73 Å². The molecule has 0 aliphatic rings. The third kappa shape index (κ3) is 2.95. The average molecular weight is 282 g/mol. The van der Waals surface area contributed by atoms with Crippen molar-refractivity contribution in [3.63, 3.8) is 0 Å². The molecule has 5 heteroatoms. The Bertz CT molecular complexity index is 349. The molecule has 0 heterocycles. The molecule has 15 heavy (non-hydrogen) atoms. The molecule has 0 unspecified atom stereocenters. The maximum atomic E-state index is 12.6. The monoisotopic (exact) mass is 281 g/mol. The molecule has 0 amide bonds. The average Bonchev–Trinajstić information content (AvgIpc) is 2.15. The maximum absolute atomic E-state index is 12.6. The molecule has 0 aliphatic carbocycles. The number of hydrogen-bond acceptors (Lipinski definition) is 1. The second-order valence-electron chi connectivity index (χ2n) is 3.24. The van der Waals surface area contributed by atoms with E-state index in [1.165, 1.54) is 6.07 Å². The van der Waals surface area contributed by atoms with E-state index in [4.69, 9.17) is 5.73 Å². The number of hydrogen-bond donors (Lipinski definition) is 1. The molecule has 1 nitrogen and oxygen atoms in total. The van der Waals surface area contributed by atoms with Crippen LogP contribution in [0.25, 0.3) is 0 Å². The molecule has 0 aliphatic heterocycles. The molecule has 0 saturated heterocycles. The molecule has 2 N–H and O–H groups in total. The van der Waals surface area contributed by atoms with Gasteiger partial charge in [-0.15, -0.1) is 0 Å². The van der Waals surface area contributed by atoms with Crippen molar-refractivity contribution in [2.45, 2.75) is 25.6 Å². The third-order valence-electron chi connectivity index (χ3n) is 2.16. The minimum atomic E-state index is -4.36. The van der Waals surface area contributed by atoms with E-state index < -0.39 is 17.8 Å². The van der Waals surface area contributed by atoms with Crippen molar-refractivity contribution in [1.82, 2.24) is 0 Å². The summed E-state index contributed by atoms with van der Waals surface area (Å²) in [4.78, 5) is 0. The van der Waals surface area contributed by atoms with Gasteiger partial charge in [0.05, 0.1) is 5.56 Å². The Balaban J connectivity index is 3.27. The van der Waals surface area contributed by atoms with Crippen LogP contribution in [0, 0.1) is 0 Å². The second kappa shape index (κ2) is 4.53. The van der Waals surface area contributed by atoms with Crippen molar-refractivity contribution in [3.8, 4) is 0 Å². The fraction of sp³-hybridized carbons (Fsp3) is 0.400. The van der Waals surface area contributed by atoms with Crippen LogP contribution in [-0.4, -0.2) is 0 Å². The molecule has 1 rings (SSSR count). The molecule has 0 saturated carbocycles. The molecular weight excluding hydrogens is 271 g/mol. The van der Waals surface area contributed by atoms with Gasteiger partial charge in [-0.3, -0.25) is 0 Å². The van der Waals surface area contributed by atoms with E-state index in [1.54, 1.807) is 13.0 Å². The largest absolute Gasteiger partial charge is 0.416 e. The lowest BCUT2D eigenvalue weighted by atomic mass is 9.99. The highest BCUT2D eigenvalue weighted by molar-refractivity contribution is 9.10. The number of rotatable bonds is 2. The lowest BCUT2D eigenvalue weighted by Gasteiger charge is -2.17. The van der Waals surface area contributed by atoms with Gasteiger partial charge < -0.3 is 5.73 Å². The summed E-state index contributed by atoms with van der Waals surface area (Å²) < 4.78 is 38.4. The number of halogens is 4. The van der Waals surface area contributed by atoms with E-state index in [-0.39, 0.29) is 5.56 Å². The zero-order valence-electron chi connectivity index (χ0n) is 8.11. The molecule has 0 spiro atoms. The van der Waals surface area contributed by atoms with Gasteiger partial charge in [0.1, 0.15) is 0 Å². The first-order chi connectivity index (χ1) is 6.86. The zero-order valence-corrected chi connectivity index (χ0v) is 9.69. The molecule has 0 fully saturated rings. The summed E-state index contributed by atoms with van der Waals surface area (Å²) in [6.07, 6.45) is -3.88. The van der Waals surface area contributed by atoms with Gasteiger partial charge in [-0.05, 0) is 24.1 Å². The SMILES string of the molecule is CC[C@@H](N)c1ccc(Br)cc1C(F)(F)F. The predicted molar refractivity (Wildman–Crippen MR) is 56.4 cm³/mol. The van der Waals surface area contributed by atoms with Crippen molar-refractivity contribution >= 4 is 15.9 Å². The molecule has 0 bridgehead atoms. The van der Waals surface area contributed by atoms with Crippen LogP contribution < -0.4 is 5.73 Å². The molecule has 1 aromatic rings. The first-order valence-electron chi connectivity index (χ1n) is 4.48. The van der Waals surface area contributed by atoms with Gasteiger partial charge in [0, 0.05) is 10.5 Å². The van der Waals surface area contributed by atoms with Crippen LogP contribution in [-0.2, 0) is 6.18 Å². The summed E-state index contributed by atoms with van der Waals surface area (Å²) in [6.45, 7) is 1.76. The predicted octanol–water partition coefficient (Wildman–Crippen LogP) is 3.88. The Hall–Kier alpha value is -0.550. The number of benzene rings is 1. The molecular formula is C10H11BrF3N. The first kappa shape index (κ1) is 12.5.